The van der Waals surface area contributed by atoms with E-state index in [1.165, 1.54) is 0 Å². The van der Waals surface area contributed by atoms with E-state index >= 15 is 0 Å². The maximum Gasteiger partial charge on any atom is 0.323 e. The predicted octanol–water partition coefficient (Wildman–Crippen LogP) is 1.21. The molecule has 96 valence electrons. The smallest absolute Gasteiger partial charge is 0.323 e. The minimum Gasteiger partial charge on any atom is -0.465 e. The van der Waals surface area contributed by atoms with Gasteiger partial charge in [-0.2, -0.15) is 0 Å². The fourth-order valence-corrected chi connectivity index (χ4v) is 2.00. The zero-order valence-electron chi connectivity index (χ0n) is 11.5. The Balaban J connectivity index is 4.40. The van der Waals surface area contributed by atoms with Crippen molar-refractivity contribution >= 4 is 5.97 Å². The van der Waals surface area contributed by atoms with Gasteiger partial charge >= 0.3 is 5.97 Å². The van der Waals surface area contributed by atoms with Crippen molar-refractivity contribution in [3.63, 3.8) is 0 Å². The third-order valence-electron chi connectivity index (χ3n) is 2.69. The molecule has 0 aromatic rings. The Morgan fingerprint density at radius 2 is 1.81 bits per heavy atom. The molecule has 0 aliphatic rings. The van der Waals surface area contributed by atoms with Gasteiger partial charge in [0.1, 0.15) is 6.04 Å². The summed E-state index contributed by atoms with van der Waals surface area (Å²) >= 11 is 0. The Morgan fingerprint density at radius 1 is 1.25 bits per heavy atom. The molecule has 4 nitrogen and oxygen atoms in total. The maximum atomic E-state index is 11.7. The van der Waals surface area contributed by atoms with Gasteiger partial charge in [0.05, 0.1) is 6.61 Å². The number of ether oxygens (including phenoxy) is 1. The molecular weight excluding hydrogens is 204 g/mol. The largest absolute Gasteiger partial charge is 0.465 e. The molecule has 4 heteroatoms. The molecule has 0 aliphatic heterocycles. The van der Waals surface area contributed by atoms with Gasteiger partial charge in [-0.15, -0.1) is 0 Å². The van der Waals surface area contributed by atoms with E-state index in [2.05, 4.69) is 23.6 Å². The van der Waals surface area contributed by atoms with Crippen LogP contribution in [0.1, 0.15) is 27.7 Å². The zero-order chi connectivity index (χ0) is 12.7. The fourth-order valence-electron chi connectivity index (χ4n) is 2.00. The molecule has 16 heavy (non-hydrogen) atoms. The summed E-state index contributed by atoms with van der Waals surface area (Å²) in [6, 6.07) is 0.180. The first-order chi connectivity index (χ1) is 7.43. The Morgan fingerprint density at radius 3 is 2.19 bits per heavy atom. The van der Waals surface area contributed by atoms with Gasteiger partial charge in [0.2, 0.25) is 0 Å². The maximum absolute atomic E-state index is 11.7. The third-order valence-corrected chi connectivity index (χ3v) is 2.69. The van der Waals surface area contributed by atoms with Crippen LogP contribution in [0.4, 0.5) is 0 Å². The molecule has 0 fully saturated rings. The minimum absolute atomic E-state index is 0.130. The minimum atomic E-state index is -0.167. The number of esters is 1. The van der Waals surface area contributed by atoms with Gasteiger partial charge in [-0.25, -0.2) is 0 Å². The SMILES string of the molecule is CCOC(=O)C(C)N(CC)C(C)CN(C)C. The van der Waals surface area contributed by atoms with Gasteiger partial charge in [0, 0.05) is 12.6 Å². The van der Waals surface area contributed by atoms with Gasteiger partial charge in [0.25, 0.3) is 0 Å². The molecule has 0 amide bonds. The summed E-state index contributed by atoms with van der Waals surface area (Å²) in [4.78, 5) is 16.0. The molecule has 0 radical (unpaired) electrons. The molecule has 0 N–H and O–H groups in total. The van der Waals surface area contributed by atoms with Gasteiger partial charge in [-0.05, 0) is 41.4 Å². The molecule has 2 unspecified atom stereocenters. The molecule has 0 saturated heterocycles. The Hall–Kier alpha value is -0.610. The molecule has 2 atom stereocenters. The van der Waals surface area contributed by atoms with Crippen LogP contribution in [0.25, 0.3) is 0 Å². The van der Waals surface area contributed by atoms with E-state index in [1.54, 1.807) is 0 Å². The van der Waals surface area contributed by atoms with E-state index in [9.17, 15) is 4.79 Å². The van der Waals surface area contributed by atoms with Crippen molar-refractivity contribution in [2.75, 3.05) is 33.8 Å². The molecule has 0 aliphatic carbocycles. The van der Waals surface area contributed by atoms with Crippen molar-refractivity contribution in [1.29, 1.82) is 0 Å². The van der Waals surface area contributed by atoms with E-state index in [1.807, 2.05) is 27.9 Å². The van der Waals surface area contributed by atoms with E-state index < -0.39 is 0 Å². The highest BCUT2D eigenvalue weighted by Crippen LogP contribution is 2.08. The lowest BCUT2D eigenvalue weighted by Gasteiger charge is -2.33. The van der Waals surface area contributed by atoms with Crippen molar-refractivity contribution in [2.45, 2.75) is 39.8 Å². The van der Waals surface area contributed by atoms with Crippen molar-refractivity contribution in [1.82, 2.24) is 9.80 Å². The lowest BCUT2D eigenvalue weighted by molar-refractivity contribution is -0.149. The molecule has 0 rings (SSSR count). The number of nitrogens with zero attached hydrogens (tertiary/aromatic N) is 2. The number of hydrogen-bond acceptors (Lipinski definition) is 4. The van der Waals surface area contributed by atoms with E-state index in [-0.39, 0.29) is 12.0 Å². The molecule has 0 aromatic heterocycles. The molecule has 0 heterocycles. The van der Waals surface area contributed by atoms with Crippen LogP contribution in [0.3, 0.4) is 0 Å². The summed E-state index contributed by atoms with van der Waals surface area (Å²) in [6.45, 7) is 10.2. The van der Waals surface area contributed by atoms with Crippen LogP contribution in [-0.4, -0.2) is 61.6 Å². The fraction of sp³-hybridized carbons (Fsp3) is 0.917. The van der Waals surface area contributed by atoms with Crippen LogP contribution in [0.5, 0.6) is 0 Å². The quantitative estimate of drug-likeness (QED) is 0.616. The summed E-state index contributed by atoms with van der Waals surface area (Å²) in [5, 5.41) is 0. The van der Waals surface area contributed by atoms with Crippen molar-refractivity contribution < 1.29 is 9.53 Å². The van der Waals surface area contributed by atoms with Crippen LogP contribution in [0, 0.1) is 0 Å². The molecule has 0 bridgehead atoms. The topological polar surface area (TPSA) is 32.8 Å². The Kier molecular flexibility index (Phi) is 7.34. The van der Waals surface area contributed by atoms with Crippen molar-refractivity contribution in [2.24, 2.45) is 0 Å². The standard InChI is InChI=1S/C12H26N2O2/c1-7-14(10(3)9-13(5)6)11(4)12(15)16-8-2/h10-11H,7-9H2,1-6H3. The van der Waals surface area contributed by atoms with Crippen LogP contribution >= 0.6 is 0 Å². The lowest BCUT2D eigenvalue weighted by Crippen LogP contribution is -2.48. The zero-order valence-corrected chi connectivity index (χ0v) is 11.5. The first-order valence-electron chi connectivity index (χ1n) is 6.01. The van der Waals surface area contributed by atoms with Crippen LogP contribution in [0.2, 0.25) is 0 Å². The predicted molar refractivity (Wildman–Crippen MR) is 66.5 cm³/mol. The Labute approximate surface area is 99.5 Å². The second-order valence-corrected chi connectivity index (χ2v) is 4.37. The van der Waals surface area contributed by atoms with E-state index in [4.69, 9.17) is 4.74 Å². The third kappa shape index (κ3) is 4.94. The van der Waals surface area contributed by atoms with Gasteiger partial charge in [0.15, 0.2) is 0 Å². The van der Waals surface area contributed by atoms with E-state index in [0.29, 0.717) is 12.6 Å². The number of carbonyl (C=O) groups is 1. The summed E-state index contributed by atoms with van der Waals surface area (Å²) in [5.74, 6) is -0.130. The molecular formula is C12H26N2O2. The van der Waals surface area contributed by atoms with Crippen LogP contribution in [-0.2, 0) is 9.53 Å². The van der Waals surface area contributed by atoms with Gasteiger partial charge in [-0.1, -0.05) is 6.92 Å². The number of likely N-dealkylation sites (N-methyl/N-ethyl adjacent to an activating group) is 2. The van der Waals surface area contributed by atoms with E-state index in [0.717, 1.165) is 13.1 Å². The first kappa shape index (κ1) is 15.4. The number of rotatable bonds is 7. The highest BCUT2D eigenvalue weighted by Gasteiger charge is 2.25. The molecule has 0 saturated carbocycles. The first-order valence-corrected chi connectivity index (χ1v) is 6.01. The lowest BCUT2D eigenvalue weighted by atomic mass is 10.2. The van der Waals surface area contributed by atoms with Crippen LogP contribution < -0.4 is 0 Å². The highest BCUT2D eigenvalue weighted by atomic mass is 16.5. The second-order valence-electron chi connectivity index (χ2n) is 4.37. The molecule has 0 spiro atoms. The number of hydrogen-bond donors (Lipinski definition) is 0. The average molecular weight is 230 g/mol. The molecule has 0 aromatic carbocycles. The van der Waals surface area contributed by atoms with Gasteiger partial charge in [-0.3, -0.25) is 9.69 Å². The summed E-state index contributed by atoms with van der Waals surface area (Å²) < 4.78 is 5.05. The van der Waals surface area contributed by atoms with Gasteiger partial charge < -0.3 is 9.64 Å². The summed E-state index contributed by atoms with van der Waals surface area (Å²) in [5.41, 5.74) is 0. The summed E-state index contributed by atoms with van der Waals surface area (Å²) in [7, 11) is 4.08. The van der Waals surface area contributed by atoms with Crippen LogP contribution in [0.15, 0.2) is 0 Å². The highest BCUT2D eigenvalue weighted by molar-refractivity contribution is 5.75. The van der Waals surface area contributed by atoms with Crippen molar-refractivity contribution in [3.05, 3.63) is 0 Å². The number of carbonyl (C=O) groups excluding carboxylic acids is 1. The van der Waals surface area contributed by atoms with Crippen molar-refractivity contribution in [3.8, 4) is 0 Å². The second kappa shape index (κ2) is 7.63. The monoisotopic (exact) mass is 230 g/mol. The average Bonchev–Trinajstić information content (AvgIpc) is 2.17. The summed E-state index contributed by atoms with van der Waals surface area (Å²) in [6.07, 6.45) is 0. The Bertz CT molecular complexity index is 207. The normalized spacial score (nSPS) is 15.2.